The van der Waals surface area contributed by atoms with Crippen LogP contribution in [0, 0.1) is 5.82 Å². The highest BCUT2D eigenvalue weighted by Crippen LogP contribution is 2.35. The monoisotopic (exact) mass is 414 g/mol. The molecule has 0 aliphatic rings. The number of rotatable bonds is 3. The molecule has 0 amide bonds. The maximum atomic E-state index is 14.0. The summed E-state index contributed by atoms with van der Waals surface area (Å²) >= 11 is 14.3. The Balaban J connectivity index is 2.47. The maximum Gasteiger partial charge on any atom is 0.266 e. The minimum atomic E-state index is -4.27. The zero-order valence-corrected chi connectivity index (χ0v) is 13.9. The number of nitrogens with zero attached hydrogens (tertiary/aromatic N) is 2. The smallest absolute Gasteiger partial charge is 0.266 e. The molecule has 112 valence electrons. The van der Waals surface area contributed by atoms with Crippen molar-refractivity contribution < 1.29 is 12.8 Å². The van der Waals surface area contributed by atoms with E-state index in [1.807, 2.05) is 4.72 Å². The predicted molar refractivity (Wildman–Crippen MR) is 81.4 cm³/mol. The van der Waals surface area contributed by atoms with Gasteiger partial charge in [0, 0.05) is 0 Å². The van der Waals surface area contributed by atoms with Crippen molar-refractivity contribution in [2.75, 3.05) is 10.5 Å². The van der Waals surface area contributed by atoms with E-state index in [1.165, 1.54) is 12.1 Å². The second-order valence-corrected chi connectivity index (χ2v) is 6.98. The molecular weight excluding hydrogens is 410 g/mol. The third-order valence-corrected chi connectivity index (χ3v) is 5.25. The molecule has 21 heavy (non-hydrogen) atoms. The molecule has 0 unspecified atom stereocenters. The molecule has 0 aliphatic heterocycles. The number of hydrogen-bond donors (Lipinski definition) is 2. The van der Waals surface area contributed by atoms with Gasteiger partial charge in [0.05, 0.1) is 15.2 Å². The first-order valence-electron chi connectivity index (χ1n) is 5.17. The topological polar surface area (TPSA) is 98.0 Å². The molecule has 0 atom stereocenters. The number of sulfonamides is 1. The Hall–Kier alpha value is -1.16. The van der Waals surface area contributed by atoms with Crippen molar-refractivity contribution in [3.63, 3.8) is 0 Å². The normalized spacial score (nSPS) is 11.4. The Morgan fingerprint density at radius 3 is 2.52 bits per heavy atom. The molecule has 0 spiro atoms. The standard InChI is InChI=1S/C10H6BrCl2FN4O2S/c11-8-4(12)3-5(9(14)10(8)15)21(19,20)18-7-2-1-6(13)16-17-7/h1-3H,15H2,(H,17,18). The summed E-state index contributed by atoms with van der Waals surface area (Å²) in [4.78, 5) is -0.704. The van der Waals surface area contributed by atoms with Gasteiger partial charge in [-0.15, -0.1) is 10.2 Å². The van der Waals surface area contributed by atoms with Crippen LogP contribution in [0.4, 0.5) is 15.9 Å². The largest absolute Gasteiger partial charge is 0.395 e. The van der Waals surface area contributed by atoms with Gasteiger partial charge in [0.15, 0.2) is 16.8 Å². The van der Waals surface area contributed by atoms with Gasteiger partial charge >= 0.3 is 0 Å². The summed E-state index contributed by atoms with van der Waals surface area (Å²) in [6, 6.07) is 3.53. The molecule has 0 aliphatic carbocycles. The van der Waals surface area contributed by atoms with Crippen LogP contribution in [0.25, 0.3) is 0 Å². The molecule has 0 bridgehead atoms. The van der Waals surface area contributed by atoms with Crippen molar-refractivity contribution >= 4 is 60.7 Å². The SMILES string of the molecule is Nc1c(F)c(S(=O)(=O)Nc2ccc(Cl)nn2)cc(Cl)c1Br. The lowest BCUT2D eigenvalue weighted by Gasteiger charge is -2.11. The molecule has 2 aromatic rings. The van der Waals surface area contributed by atoms with E-state index < -0.39 is 26.4 Å². The molecule has 0 radical (unpaired) electrons. The second kappa shape index (κ2) is 5.91. The molecule has 11 heteroatoms. The number of hydrogen-bond acceptors (Lipinski definition) is 5. The van der Waals surface area contributed by atoms with Gasteiger partial charge in [0.2, 0.25) is 0 Å². The van der Waals surface area contributed by atoms with E-state index in [9.17, 15) is 12.8 Å². The fourth-order valence-electron chi connectivity index (χ4n) is 1.36. The molecule has 1 heterocycles. The highest BCUT2D eigenvalue weighted by atomic mass is 79.9. The van der Waals surface area contributed by atoms with Crippen molar-refractivity contribution in [2.45, 2.75) is 4.90 Å². The van der Waals surface area contributed by atoms with Gasteiger partial charge < -0.3 is 5.73 Å². The van der Waals surface area contributed by atoms with Gasteiger partial charge in [-0.1, -0.05) is 23.2 Å². The summed E-state index contributed by atoms with van der Waals surface area (Å²) in [5.41, 5.74) is 5.04. The van der Waals surface area contributed by atoms with Gasteiger partial charge in [-0.05, 0) is 34.1 Å². The molecule has 0 fully saturated rings. The third kappa shape index (κ3) is 3.37. The second-order valence-electron chi connectivity index (χ2n) is 3.74. The molecule has 6 nitrogen and oxygen atoms in total. The fourth-order valence-corrected chi connectivity index (χ4v) is 3.14. The van der Waals surface area contributed by atoms with Crippen LogP contribution in [0.3, 0.4) is 0 Å². The highest BCUT2D eigenvalue weighted by molar-refractivity contribution is 9.10. The molecular formula is C10H6BrCl2FN4O2S. The Morgan fingerprint density at radius 2 is 1.95 bits per heavy atom. The summed E-state index contributed by atoms with van der Waals surface area (Å²) in [7, 11) is -4.27. The fraction of sp³-hybridized carbons (Fsp3) is 0. The van der Waals surface area contributed by atoms with E-state index in [-0.39, 0.29) is 20.5 Å². The highest BCUT2D eigenvalue weighted by Gasteiger charge is 2.24. The molecule has 1 aromatic heterocycles. The van der Waals surface area contributed by atoms with Crippen LogP contribution in [0.5, 0.6) is 0 Å². The Kier molecular flexibility index (Phi) is 4.57. The van der Waals surface area contributed by atoms with Gasteiger partial charge in [0.25, 0.3) is 10.0 Å². The van der Waals surface area contributed by atoms with Crippen molar-refractivity contribution in [3.05, 3.63) is 38.7 Å². The number of nitrogens with two attached hydrogens (primary N) is 1. The van der Waals surface area contributed by atoms with Gasteiger partial charge in [-0.3, -0.25) is 4.72 Å². The van der Waals surface area contributed by atoms with E-state index in [0.717, 1.165) is 6.07 Å². The number of nitrogens with one attached hydrogen (secondary N) is 1. The van der Waals surface area contributed by atoms with Crippen LogP contribution in [-0.2, 0) is 10.0 Å². The van der Waals surface area contributed by atoms with Crippen molar-refractivity contribution in [1.29, 1.82) is 0 Å². The average molecular weight is 416 g/mol. The van der Waals surface area contributed by atoms with Gasteiger partial charge in [-0.25, -0.2) is 12.8 Å². The van der Waals surface area contributed by atoms with Crippen molar-refractivity contribution in [3.8, 4) is 0 Å². The summed E-state index contributed by atoms with van der Waals surface area (Å²) in [5.74, 6) is -1.25. The minimum Gasteiger partial charge on any atom is -0.395 e. The summed E-state index contributed by atoms with van der Waals surface area (Å²) in [6.07, 6.45) is 0. The zero-order chi connectivity index (χ0) is 15.8. The van der Waals surface area contributed by atoms with Gasteiger partial charge in [0.1, 0.15) is 4.90 Å². The number of halogens is 4. The maximum absolute atomic E-state index is 14.0. The first kappa shape index (κ1) is 16.2. The number of anilines is 2. The van der Waals surface area contributed by atoms with E-state index in [4.69, 9.17) is 28.9 Å². The third-order valence-electron chi connectivity index (χ3n) is 2.32. The number of aromatic nitrogens is 2. The van der Waals surface area contributed by atoms with Crippen LogP contribution in [0.15, 0.2) is 27.6 Å². The van der Waals surface area contributed by atoms with Crippen molar-refractivity contribution in [1.82, 2.24) is 10.2 Å². The predicted octanol–water partition coefficient (Wildman–Crippen LogP) is 3.07. The lowest BCUT2D eigenvalue weighted by molar-refractivity contribution is 0.572. The summed E-state index contributed by atoms with van der Waals surface area (Å²) in [6.45, 7) is 0. The van der Waals surface area contributed by atoms with E-state index in [1.54, 1.807) is 0 Å². The zero-order valence-electron chi connectivity index (χ0n) is 9.94. The minimum absolute atomic E-state index is 0.0449. The van der Waals surface area contributed by atoms with Crippen LogP contribution in [0.1, 0.15) is 0 Å². The van der Waals surface area contributed by atoms with Crippen LogP contribution in [-0.4, -0.2) is 18.6 Å². The van der Waals surface area contributed by atoms with E-state index >= 15 is 0 Å². The van der Waals surface area contributed by atoms with Crippen molar-refractivity contribution in [2.24, 2.45) is 0 Å². The van der Waals surface area contributed by atoms with Crippen LogP contribution >= 0.6 is 39.1 Å². The molecule has 3 N–H and O–H groups in total. The van der Waals surface area contributed by atoms with E-state index in [0.29, 0.717) is 0 Å². The lowest BCUT2D eigenvalue weighted by atomic mass is 10.3. The molecule has 0 saturated heterocycles. The molecule has 0 saturated carbocycles. The van der Waals surface area contributed by atoms with Gasteiger partial charge in [-0.2, -0.15) is 0 Å². The molecule has 2 rings (SSSR count). The summed E-state index contributed by atoms with van der Waals surface area (Å²) < 4.78 is 40.4. The van der Waals surface area contributed by atoms with Crippen LogP contribution < -0.4 is 10.5 Å². The van der Waals surface area contributed by atoms with Crippen LogP contribution in [0.2, 0.25) is 10.2 Å². The summed E-state index contributed by atoms with van der Waals surface area (Å²) in [5, 5.41) is 7.02. The average Bonchev–Trinajstić information content (AvgIpc) is 2.42. The molecule has 1 aromatic carbocycles. The first-order chi connectivity index (χ1) is 9.72. The number of nitrogen functional groups attached to an aromatic ring is 1. The first-order valence-corrected chi connectivity index (χ1v) is 8.20. The number of benzene rings is 1. The Morgan fingerprint density at radius 1 is 1.29 bits per heavy atom. The quantitative estimate of drug-likeness (QED) is 0.592. The Labute approximate surface area is 137 Å². The van der Waals surface area contributed by atoms with E-state index in [2.05, 4.69) is 26.1 Å². The lowest BCUT2D eigenvalue weighted by Crippen LogP contribution is -2.16. The Bertz CT molecular complexity index is 802.